The first-order valence-electron chi connectivity index (χ1n) is 5.49. The molecule has 7 heteroatoms. The number of benzene rings is 1. The number of aliphatic carboxylic acids is 1. The molecule has 0 saturated heterocycles. The third-order valence-electron chi connectivity index (χ3n) is 2.33. The highest BCUT2D eigenvalue weighted by Crippen LogP contribution is 2.11. The second kappa shape index (κ2) is 5.26. The van der Waals surface area contributed by atoms with Crippen LogP contribution < -0.4 is 5.32 Å². The number of carboxylic acids is 1. The SMILES string of the molecule is CC(CC(=O)O)Nc1nnnn1-c1ccccc1. The summed E-state index contributed by atoms with van der Waals surface area (Å²) in [5.41, 5.74) is 0.813. The molecule has 1 unspecified atom stereocenters. The van der Waals surface area contributed by atoms with Crippen molar-refractivity contribution in [3.63, 3.8) is 0 Å². The number of rotatable bonds is 5. The van der Waals surface area contributed by atoms with Crippen LogP contribution in [0.1, 0.15) is 13.3 Å². The van der Waals surface area contributed by atoms with Crippen LogP contribution in [0.5, 0.6) is 0 Å². The minimum Gasteiger partial charge on any atom is -0.481 e. The van der Waals surface area contributed by atoms with Crippen LogP contribution in [-0.4, -0.2) is 37.3 Å². The smallest absolute Gasteiger partial charge is 0.305 e. The van der Waals surface area contributed by atoms with Gasteiger partial charge in [0.2, 0.25) is 5.95 Å². The molecule has 0 fully saturated rings. The van der Waals surface area contributed by atoms with Crippen LogP contribution in [0.4, 0.5) is 5.95 Å². The molecule has 1 aromatic heterocycles. The van der Waals surface area contributed by atoms with E-state index in [9.17, 15) is 4.79 Å². The lowest BCUT2D eigenvalue weighted by Crippen LogP contribution is -2.21. The molecule has 7 nitrogen and oxygen atoms in total. The lowest BCUT2D eigenvalue weighted by molar-refractivity contribution is -0.137. The van der Waals surface area contributed by atoms with E-state index in [1.165, 1.54) is 4.68 Å². The highest BCUT2D eigenvalue weighted by molar-refractivity contribution is 5.68. The number of tetrazole rings is 1. The predicted molar refractivity (Wildman–Crippen MR) is 64.5 cm³/mol. The van der Waals surface area contributed by atoms with Crippen LogP contribution in [0.3, 0.4) is 0 Å². The second-order valence-electron chi connectivity index (χ2n) is 3.89. The average molecular weight is 247 g/mol. The summed E-state index contributed by atoms with van der Waals surface area (Å²) < 4.78 is 1.53. The van der Waals surface area contributed by atoms with Crippen LogP contribution in [-0.2, 0) is 4.79 Å². The molecule has 1 heterocycles. The number of hydrogen-bond acceptors (Lipinski definition) is 5. The Labute approximate surface area is 103 Å². The number of carbonyl (C=O) groups is 1. The molecule has 94 valence electrons. The highest BCUT2D eigenvalue weighted by Gasteiger charge is 2.12. The largest absolute Gasteiger partial charge is 0.481 e. The van der Waals surface area contributed by atoms with E-state index in [-0.39, 0.29) is 12.5 Å². The Bertz CT molecular complexity index is 525. The topological polar surface area (TPSA) is 92.9 Å². The minimum absolute atomic E-state index is 0.00164. The maximum atomic E-state index is 10.6. The van der Waals surface area contributed by atoms with Crippen molar-refractivity contribution in [1.29, 1.82) is 0 Å². The van der Waals surface area contributed by atoms with Gasteiger partial charge in [-0.1, -0.05) is 23.3 Å². The van der Waals surface area contributed by atoms with Crippen LogP contribution in [0.25, 0.3) is 5.69 Å². The highest BCUT2D eigenvalue weighted by atomic mass is 16.4. The van der Waals surface area contributed by atoms with Gasteiger partial charge < -0.3 is 10.4 Å². The number of nitrogens with one attached hydrogen (secondary N) is 1. The number of anilines is 1. The molecule has 0 aliphatic carbocycles. The van der Waals surface area contributed by atoms with E-state index in [1.807, 2.05) is 30.3 Å². The van der Waals surface area contributed by atoms with Crippen molar-refractivity contribution >= 4 is 11.9 Å². The fourth-order valence-electron chi connectivity index (χ4n) is 1.55. The third kappa shape index (κ3) is 2.82. The number of hydrogen-bond donors (Lipinski definition) is 2. The molecule has 2 N–H and O–H groups in total. The lowest BCUT2D eigenvalue weighted by atomic mass is 10.2. The molecular formula is C11H13N5O2. The van der Waals surface area contributed by atoms with E-state index in [0.29, 0.717) is 5.95 Å². The Hall–Kier alpha value is -2.44. The van der Waals surface area contributed by atoms with Crippen molar-refractivity contribution in [3.8, 4) is 5.69 Å². The van der Waals surface area contributed by atoms with Gasteiger partial charge in [-0.2, -0.15) is 4.68 Å². The van der Waals surface area contributed by atoms with Crippen LogP contribution in [0, 0.1) is 0 Å². The summed E-state index contributed by atoms with van der Waals surface area (Å²) in [5, 5.41) is 23.0. The summed E-state index contributed by atoms with van der Waals surface area (Å²) in [5.74, 6) is -0.441. The van der Waals surface area contributed by atoms with Gasteiger partial charge in [-0.25, -0.2) is 0 Å². The fraction of sp³-hybridized carbons (Fsp3) is 0.273. The fourth-order valence-corrected chi connectivity index (χ4v) is 1.55. The summed E-state index contributed by atoms with van der Waals surface area (Å²) in [6, 6.07) is 9.12. The van der Waals surface area contributed by atoms with Crippen LogP contribution in [0.15, 0.2) is 30.3 Å². The predicted octanol–water partition coefficient (Wildman–Crippen LogP) is 0.937. The third-order valence-corrected chi connectivity index (χ3v) is 2.33. The summed E-state index contributed by atoms with van der Waals surface area (Å²) >= 11 is 0. The standard InChI is InChI=1S/C11H13N5O2/c1-8(7-10(17)18)12-11-13-14-15-16(11)9-5-3-2-4-6-9/h2-6,8H,7H2,1H3,(H,17,18)(H,12,13,15). The number of para-hydroxylation sites is 1. The summed E-state index contributed by atoms with van der Waals surface area (Å²) in [6.07, 6.45) is 0.00164. The van der Waals surface area contributed by atoms with Crippen LogP contribution >= 0.6 is 0 Å². The zero-order chi connectivity index (χ0) is 13.0. The molecule has 0 aliphatic heterocycles. The Balaban J connectivity index is 2.16. The van der Waals surface area contributed by atoms with Gasteiger partial charge in [0.25, 0.3) is 0 Å². The van der Waals surface area contributed by atoms with Gasteiger partial charge in [0.1, 0.15) is 0 Å². The molecule has 0 aliphatic rings. The molecule has 2 rings (SSSR count). The molecule has 18 heavy (non-hydrogen) atoms. The van der Waals surface area contributed by atoms with Gasteiger partial charge in [-0.05, 0) is 29.5 Å². The molecule has 0 saturated carbocycles. The van der Waals surface area contributed by atoms with Gasteiger partial charge in [0, 0.05) is 6.04 Å². The molecule has 1 atom stereocenters. The number of aromatic nitrogens is 4. The summed E-state index contributed by atoms with van der Waals surface area (Å²) in [4.78, 5) is 10.6. The van der Waals surface area contributed by atoms with Crippen molar-refractivity contribution in [2.75, 3.05) is 5.32 Å². The van der Waals surface area contributed by atoms with E-state index in [2.05, 4.69) is 20.8 Å². The quantitative estimate of drug-likeness (QED) is 0.816. The molecule has 0 bridgehead atoms. The molecular weight excluding hydrogens is 234 g/mol. The van der Waals surface area contributed by atoms with Gasteiger partial charge >= 0.3 is 5.97 Å². The first-order valence-corrected chi connectivity index (χ1v) is 5.49. The van der Waals surface area contributed by atoms with E-state index in [4.69, 9.17) is 5.11 Å². The van der Waals surface area contributed by atoms with Gasteiger partial charge in [0.15, 0.2) is 0 Å². The average Bonchev–Trinajstić information content (AvgIpc) is 2.77. The van der Waals surface area contributed by atoms with Gasteiger partial charge in [-0.3, -0.25) is 4.79 Å². The molecule has 2 aromatic rings. The molecule has 0 spiro atoms. The zero-order valence-electron chi connectivity index (χ0n) is 9.82. The van der Waals surface area contributed by atoms with Crippen molar-refractivity contribution in [2.45, 2.75) is 19.4 Å². The maximum absolute atomic E-state index is 10.6. The normalized spacial score (nSPS) is 12.1. The summed E-state index contributed by atoms with van der Waals surface area (Å²) in [7, 11) is 0. The van der Waals surface area contributed by atoms with E-state index in [1.54, 1.807) is 6.92 Å². The monoisotopic (exact) mass is 247 g/mol. The summed E-state index contributed by atoms with van der Waals surface area (Å²) in [6.45, 7) is 1.76. The second-order valence-corrected chi connectivity index (χ2v) is 3.89. The minimum atomic E-state index is -0.867. The van der Waals surface area contributed by atoms with Gasteiger partial charge in [-0.15, -0.1) is 0 Å². The first-order chi connectivity index (χ1) is 8.66. The molecule has 0 radical (unpaired) electrons. The lowest BCUT2D eigenvalue weighted by Gasteiger charge is -2.11. The molecule has 0 amide bonds. The van der Waals surface area contributed by atoms with Crippen molar-refractivity contribution in [2.24, 2.45) is 0 Å². The zero-order valence-corrected chi connectivity index (χ0v) is 9.82. The Morgan fingerprint density at radius 1 is 1.44 bits per heavy atom. The van der Waals surface area contributed by atoms with E-state index < -0.39 is 5.97 Å². The van der Waals surface area contributed by atoms with Crippen molar-refractivity contribution in [3.05, 3.63) is 30.3 Å². The van der Waals surface area contributed by atoms with E-state index >= 15 is 0 Å². The Morgan fingerprint density at radius 2 is 2.17 bits per heavy atom. The molecule has 1 aromatic carbocycles. The Kier molecular flexibility index (Phi) is 3.52. The van der Waals surface area contributed by atoms with Gasteiger partial charge in [0.05, 0.1) is 12.1 Å². The maximum Gasteiger partial charge on any atom is 0.305 e. The van der Waals surface area contributed by atoms with Crippen molar-refractivity contribution in [1.82, 2.24) is 20.2 Å². The van der Waals surface area contributed by atoms with E-state index in [0.717, 1.165) is 5.69 Å². The number of carboxylic acid groups (broad SMARTS) is 1. The van der Waals surface area contributed by atoms with Crippen LogP contribution in [0.2, 0.25) is 0 Å². The van der Waals surface area contributed by atoms with Crippen molar-refractivity contribution < 1.29 is 9.90 Å². The first kappa shape index (κ1) is 12.0. The number of nitrogens with zero attached hydrogens (tertiary/aromatic N) is 4. The Morgan fingerprint density at radius 3 is 2.83 bits per heavy atom.